The van der Waals surface area contributed by atoms with Crippen LogP contribution >= 0.6 is 11.3 Å². The van der Waals surface area contributed by atoms with Gasteiger partial charge in [-0.15, -0.1) is 11.3 Å². The summed E-state index contributed by atoms with van der Waals surface area (Å²) in [5.74, 6) is -1.24. The van der Waals surface area contributed by atoms with E-state index in [0.717, 1.165) is 0 Å². The maximum absolute atomic E-state index is 11.7. The fourth-order valence-electron chi connectivity index (χ4n) is 1.68. The van der Waals surface area contributed by atoms with Gasteiger partial charge in [0.15, 0.2) is 5.13 Å². The van der Waals surface area contributed by atoms with E-state index in [-0.39, 0.29) is 19.1 Å². The second-order valence-corrected chi connectivity index (χ2v) is 4.68. The molecule has 2 N–H and O–H groups in total. The minimum absolute atomic E-state index is 0.0277. The van der Waals surface area contributed by atoms with Crippen molar-refractivity contribution in [2.75, 3.05) is 31.6 Å². The van der Waals surface area contributed by atoms with Gasteiger partial charge in [0.1, 0.15) is 6.04 Å². The number of morpholine rings is 1. The van der Waals surface area contributed by atoms with E-state index in [9.17, 15) is 9.59 Å². The van der Waals surface area contributed by atoms with Gasteiger partial charge in [0.05, 0.1) is 19.8 Å². The van der Waals surface area contributed by atoms with Crippen molar-refractivity contribution in [1.82, 2.24) is 9.88 Å². The fourth-order valence-corrected chi connectivity index (χ4v) is 2.23. The smallest absolute Gasteiger partial charge is 0.323 e. The van der Waals surface area contributed by atoms with Crippen LogP contribution in [0.3, 0.4) is 0 Å². The van der Waals surface area contributed by atoms with Crippen molar-refractivity contribution in [3.63, 3.8) is 0 Å². The molecule has 1 atom stereocenters. The van der Waals surface area contributed by atoms with Crippen molar-refractivity contribution < 1.29 is 19.4 Å². The first kappa shape index (κ1) is 12.9. The second kappa shape index (κ2) is 5.89. The number of carbonyl (C=O) groups is 2. The van der Waals surface area contributed by atoms with Crippen LogP contribution in [0.15, 0.2) is 11.6 Å². The van der Waals surface area contributed by atoms with Crippen molar-refractivity contribution >= 4 is 28.3 Å². The van der Waals surface area contributed by atoms with Gasteiger partial charge in [-0.25, -0.2) is 4.98 Å². The molecule has 1 aromatic rings. The Morgan fingerprint density at radius 2 is 2.50 bits per heavy atom. The lowest BCUT2D eigenvalue weighted by atomic mass is 10.2. The lowest BCUT2D eigenvalue weighted by molar-refractivity contribution is -0.150. The summed E-state index contributed by atoms with van der Waals surface area (Å²) in [5, 5.41) is 13.9. The van der Waals surface area contributed by atoms with Crippen molar-refractivity contribution in [2.24, 2.45) is 0 Å². The molecular formula is C10H13N3O4S. The first-order chi connectivity index (χ1) is 8.66. The van der Waals surface area contributed by atoms with Gasteiger partial charge in [0.25, 0.3) is 0 Å². The second-order valence-electron chi connectivity index (χ2n) is 3.78. The number of aromatic nitrogens is 1. The van der Waals surface area contributed by atoms with Crippen LogP contribution in [-0.2, 0) is 14.3 Å². The van der Waals surface area contributed by atoms with Crippen LogP contribution < -0.4 is 5.32 Å². The largest absolute Gasteiger partial charge is 0.480 e. The van der Waals surface area contributed by atoms with Gasteiger partial charge in [-0.05, 0) is 0 Å². The number of carbonyl (C=O) groups excluding carboxylic acids is 1. The molecule has 1 fully saturated rings. The van der Waals surface area contributed by atoms with E-state index >= 15 is 0 Å². The van der Waals surface area contributed by atoms with Gasteiger partial charge < -0.3 is 15.2 Å². The number of nitrogens with one attached hydrogen (secondary N) is 1. The summed E-state index contributed by atoms with van der Waals surface area (Å²) >= 11 is 1.32. The molecule has 1 unspecified atom stereocenters. The third-order valence-electron chi connectivity index (χ3n) is 2.55. The van der Waals surface area contributed by atoms with Gasteiger partial charge in [-0.2, -0.15) is 0 Å². The van der Waals surface area contributed by atoms with Gasteiger partial charge >= 0.3 is 5.97 Å². The predicted octanol–water partition coefficient (Wildman–Crippen LogP) is -0.133. The Bertz CT molecular complexity index is 423. The lowest BCUT2D eigenvalue weighted by Crippen LogP contribution is -2.52. The highest BCUT2D eigenvalue weighted by molar-refractivity contribution is 7.13. The number of aliphatic carboxylic acids is 1. The van der Waals surface area contributed by atoms with Crippen molar-refractivity contribution in [2.45, 2.75) is 6.04 Å². The van der Waals surface area contributed by atoms with Gasteiger partial charge in [0, 0.05) is 18.1 Å². The number of rotatable bonds is 4. The monoisotopic (exact) mass is 271 g/mol. The zero-order valence-electron chi connectivity index (χ0n) is 9.54. The fraction of sp³-hybridized carbons (Fsp3) is 0.500. The Hall–Kier alpha value is -1.51. The predicted molar refractivity (Wildman–Crippen MR) is 64.6 cm³/mol. The van der Waals surface area contributed by atoms with Gasteiger partial charge in [0.2, 0.25) is 5.91 Å². The Kier molecular flexibility index (Phi) is 4.24. The van der Waals surface area contributed by atoms with Crippen molar-refractivity contribution in [1.29, 1.82) is 0 Å². The van der Waals surface area contributed by atoms with Crippen LogP contribution in [0.5, 0.6) is 0 Å². The Morgan fingerprint density at radius 3 is 3.17 bits per heavy atom. The quantitative estimate of drug-likeness (QED) is 0.792. The highest BCUT2D eigenvalue weighted by Crippen LogP contribution is 2.11. The zero-order chi connectivity index (χ0) is 13.0. The number of amides is 1. The number of thiazole rings is 1. The van der Waals surface area contributed by atoms with E-state index in [0.29, 0.717) is 18.3 Å². The molecule has 0 spiro atoms. The van der Waals surface area contributed by atoms with E-state index in [1.807, 2.05) is 0 Å². The summed E-state index contributed by atoms with van der Waals surface area (Å²) in [5.41, 5.74) is 0. The molecule has 8 heteroatoms. The van der Waals surface area contributed by atoms with E-state index in [4.69, 9.17) is 9.84 Å². The summed E-state index contributed by atoms with van der Waals surface area (Å²) in [6.45, 7) is 1.01. The normalized spacial score (nSPS) is 20.6. The Morgan fingerprint density at radius 1 is 1.67 bits per heavy atom. The van der Waals surface area contributed by atoms with Crippen molar-refractivity contribution in [3.8, 4) is 0 Å². The number of ether oxygens (including phenoxy) is 1. The van der Waals surface area contributed by atoms with Crippen LogP contribution in [0.2, 0.25) is 0 Å². The van der Waals surface area contributed by atoms with E-state index in [2.05, 4.69) is 10.3 Å². The number of hydrogen-bond donors (Lipinski definition) is 2. The highest BCUT2D eigenvalue weighted by atomic mass is 32.1. The highest BCUT2D eigenvalue weighted by Gasteiger charge is 2.30. The molecule has 2 rings (SSSR count). The summed E-state index contributed by atoms with van der Waals surface area (Å²) < 4.78 is 5.10. The Labute approximate surface area is 107 Å². The van der Waals surface area contributed by atoms with Crippen LogP contribution in [0.4, 0.5) is 5.13 Å². The van der Waals surface area contributed by atoms with Crippen LogP contribution in [0.1, 0.15) is 0 Å². The third-order valence-corrected chi connectivity index (χ3v) is 3.24. The molecule has 0 aromatic carbocycles. The molecule has 0 saturated carbocycles. The number of carboxylic acids is 1. The third kappa shape index (κ3) is 3.25. The van der Waals surface area contributed by atoms with Gasteiger partial charge in [-0.1, -0.05) is 0 Å². The molecule has 0 bridgehead atoms. The molecule has 1 aliphatic heterocycles. The minimum atomic E-state index is -0.975. The first-order valence-corrected chi connectivity index (χ1v) is 6.28. The van der Waals surface area contributed by atoms with Gasteiger partial charge in [-0.3, -0.25) is 14.5 Å². The average molecular weight is 271 g/mol. The van der Waals surface area contributed by atoms with E-state index < -0.39 is 12.0 Å². The zero-order valence-corrected chi connectivity index (χ0v) is 10.4. The number of anilines is 1. The molecule has 98 valence electrons. The molecule has 1 saturated heterocycles. The molecule has 1 aromatic heterocycles. The van der Waals surface area contributed by atoms with E-state index in [1.54, 1.807) is 16.5 Å². The number of hydrogen-bond acceptors (Lipinski definition) is 6. The molecule has 0 aliphatic carbocycles. The van der Waals surface area contributed by atoms with Crippen LogP contribution in [0, 0.1) is 0 Å². The lowest BCUT2D eigenvalue weighted by Gasteiger charge is -2.31. The topological polar surface area (TPSA) is 91.8 Å². The molecule has 2 heterocycles. The standard InChI is InChI=1S/C10H13N3O4S/c14-8(12-10-11-1-4-18-10)5-13-2-3-17-6-7(13)9(15)16/h1,4,7H,2-3,5-6H2,(H,15,16)(H,11,12,14). The Balaban J connectivity index is 1.90. The first-order valence-electron chi connectivity index (χ1n) is 5.41. The summed E-state index contributed by atoms with van der Waals surface area (Å²) in [6, 6.07) is -0.763. The maximum atomic E-state index is 11.7. The summed E-state index contributed by atoms with van der Waals surface area (Å²) in [7, 11) is 0. The van der Waals surface area contributed by atoms with Crippen LogP contribution in [-0.4, -0.2) is 59.2 Å². The number of nitrogens with zero attached hydrogens (tertiary/aromatic N) is 2. The maximum Gasteiger partial charge on any atom is 0.323 e. The molecular weight excluding hydrogens is 258 g/mol. The molecule has 1 amide bonds. The summed E-state index contributed by atoms with van der Waals surface area (Å²) in [4.78, 5) is 28.2. The molecule has 18 heavy (non-hydrogen) atoms. The number of carboxylic acid groups (broad SMARTS) is 1. The van der Waals surface area contributed by atoms with Crippen molar-refractivity contribution in [3.05, 3.63) is 11.6 Å². The molecule has 7 nitrogen and oxygen atoms in total. The summed E-state index contributed by atoms with van der Waals surface area (Å²) in [6.07, 6.45) is 1.59. The molecule has 0 radical (unpaired) electrons. The SMILES string of the molecule is O=C(CN1CCOCC1C(=O)O)Nc1nccs1. The average Bonchev–Trinajstić information content (AvgIpc) is 2.82. The van der Waals surface area contributed by atoms with E-state index in [1.165, 1.54) is 11.3 Å². The van der Waals surface area contributed by atoms with Crippen LogP contribution in [0.25, 0.3) is 0 Å². The molecule has 1 aliphatic rings. The minimum Gasteiger partial charge on any atom is -0.480 e.